The second-order valence-corrected chi connectivity index (χ2v) is 6.37. The molecule has 4 nitrogen and oxygen atoms in total. The van der Waals surface area contributed by atoms with E-state index in [0.29, 0.717) is 18.7 Å². The van der Waals surface area contributed by atoms with E-state index >= 15 is 0 Å². The Labute approximate surface area is 146 Å². The Hall–Kier alpha value is -2.40. The van der Waals surface area contributed by atoms with Gasteiger partial charge < -0.3 is 14.7 Å². The third kappa shape index (κ3) is 3.66. The van der Waals surface area contributed by atoms with Gasteiger partial charge >= 0.3 is 0 Å². The first-order chi connectivity index (χ1) is 12.0. The number of ether oxygens (including phenoxy) is 1. The van der Waals surface area contributed by atoms with Crippen molar-refractivity contribution in [3.63, 3.8) is 0 Å². The summed E-state index contributed by atoms with van der Waals surface area (Å²) < 4.78 is 19.2. The monoisotopic (exact) mass is 343 g/mol. The van der Waals surface area contributed by atoms with Crippen LogP contribution >= 0.6 is 0 Å². The lowest BCUT2D eigenvalue weighted by atomic mass is 9.93. The van der Waals surface area contributed by atoms with E-state index in [1.165, 1.54) is 6.07 Å². The molecule has 0 spiro atoms. The van der Waals surface area contributed by atoms with Crippen LogP contribution in [0.1, 0.15) is 36.6 Å². The van der Waals surface area contributed by atoms with E-state index in [-0.39, 0.29) is 24.4 Å². The van der Waals surface area contributed by atoms with Crippen LogP contribution in [-0.2, 0) is 17.8 Å². The first-order valence-electron chi connectivity index (χ1n) is 8.45. The van der Waals surface area contributed by atoms with Gasteiger partial charge in [0, 0.05) is 6.54 Å². The smallest absolute Gasteiger partial charge is 0.263 e. The van der Waals surface area contributed by atoms with E-state index in [0.717, 1.165) is 16.7 Å². The van der Waals surface area contributed by atoms with Gasteiger partial charge in [0.05, 0.1) is 12.6 Å². The molecule has 2 aromatic rings. The summed E-state index contributed by atoms with van der Waals surface area (Å²) in [6, 6.07) is 11.7. The van der Waals surface area contributed by atoms with Crippen LogP contribution in [0.5, 0.6) is 5.75 Å². The highest BCUT2D eigenvalue weighted by molar-refractivity contribution is 5.81. The highest BCUT2D eigenvalue weighted by atomic mass is 19.1. The van der Waals surface area contributed by atoms with Crippen LogP contribution in [-0.4, -0.2) is 28.6 Å². The molecule has 0 aromatic heterocycles. The number of amides is 1. The summed E-state index contributed by atoms with van der Waals surface area (Å²) in [5.41, 5.74) is 2.68. The van der Waals surface area contributed by atoms with Gasteiger partial charge in [-0.25, -0.2) is 4.39 Å². The number of halogens is 1. The SMILES string of the molecule is CC(Oc1cccc(CO)c1)C(=O)N1CCc2cc(F)ccc2C1C. The summed E-state index contributed by atoms with van der Waals surface area (Å²) in [7, 11) is 0. The molecule has 5 heteroatoms. The van der Waals surface area contributed by atoms with E-state index in [2.05, 4.69) is 0 Å². The number of benzene rings is 2. The van der Waals surface area contributed by atoms with Crippen LogP contribution in [0.15, 0.2) is 42.5 Å². The number of carbonyl (C=O) groups excluding carboxylic acids is 1. The molecule has 0 fully saturated rings. The number of rotatable bonds is 4. The molecule has 1 heterocycles. The van der Waals surface area contributed by atoms with Crippen molar-refractivity contribution in [2.45, 2.75) is 39.0 Å². The topological polar surface area (TPSA) is 49.8 Å². The second kappa shape index (κ2) is 7.23. The zero-order valence-corrected chi connectivity index (χ0v) is 14.4. The highest BCUT2D eigenvalue weighted by Crippen LogP contribution is 2.30. The maximum atomic E-state index is 13.4. The fourth-order valence-electron chi connectivity index (χ4n) is 3.31. The molecule has 1 amide bonds. The Morgan fingerprint density at radius 3 is 2.92 bits per heavy atom. The standard InChI is InChI=1S/C20H22FNO3/c1-13-19-7-6-17(21)11-16(19)8-9-22(13)20(24)14(2)25-18-5-3-4-15(10-18)12-23/h3-7,10-11,13-14,23H,8-9,12H2,1-2H3. The Morgan fingerprint density at radius 1 is 1.36 bits per heavy atom. The summed E-state index contributed by atoms with van der Waals surface area (Å²) in [6.45, 7) is 4.14. The van der Waals surface area contributed by atoms with Gasteiger partial charge in [0.2, 0.25) is 0 Å². The largest absolute Gasteiger partial charge is 0.481 e. The van der Waals surface area contributed by atoms with Crippen LogP contribution in [0.25, 0.3) is 0 Å². The van der Waals surface area contributed by atoms with Crippen molar-refractivity contribution in [1.82, 2.24) is 4.90 Å². The minimum absolute atomic E-state index is 0.0734. The van der Waals surface area contributed by atoms with Crippen LogP contribution in [0.4, 0.5) is 4.39 Å². The number of carbonyl (C=O) groups is 1. The molecular weight excluding hydrogens is 321 g/mol. The molecule has 2 unspecified atom stereocenters. The molecule has 0 bridgehead atoms. The quantitative estimate of drug-likeness (QED) is 0.927. The number of fused-ring (bicyclic) bond motifs is 1. The number of aliphatic hydroxyl groups excluding tert-OH is 1. The maximum Gasteiger partial charge on any atom is 0.263 e. The van der Waals surface area contributed by atoms with Crippen molar-refractivity contribution in [2.24, 2.45) is 0 Å². The summed E-state index contributed by atoms with van der Waals surface area (Å²) in [5, 5.41) is 9.20. The van der Waals surface area contributed by atoms with E-state index in [1.807, 2.05) is 6.92 Å². The predicted octanol–water partition coefficient (Wildman–Crippen LogP) is 3.23. The van der Waals surface area contributed by atoms with Crippen molar-refractivity contribution in [2.75, 3.05) is 6.54 Å². The first-order valence-corrected chi connectivity index (χ1v) is 8.45. The summed E-state index contributed by atoms with van der Waals surface area (Å²) in [4.78, 5) is 14.6. The third-order valence-corrected chi connectivity index (χ3v) is 4.67. The summed E-state index contributed by atoms with van der Waals surface area (Å²) >= 11 is 0. The molecule has 132 valence electrons. The number of nitrogens with zero attached hydrogens (tertiary/aromatic N) is 1. The van der Waals surface area contributed by atoms with Crippen LogP contribution in [0, 0.1) is 5.82 Å². The minimum Gasteiger partial charge on any atom is -0.481 e. The second-order valence-electron chi connectivity index (χ2n) is 6.37. The summed E-state index contributed by atoms with van der Waals surface area (Å²) in [5.74, 6) is 0.211. The number of aliphatic hydroxyl groups is 1. The van der Waals surface area contributed by atoms with Crippen molar-refractivity contribution in [3.05, 3.63) is 65.0 Å². The van der Waals surface area contributed by atoms with Crippen molar-refractivity contribution >= 4 is 5.91 Å². The van der Waals surface area contributed by atoms with Crippen molar-refractivity contribution in [3.8, 4) is 5.75 Å². The van der Waals surface area contributed by atoms with Gasteiger partial charge in [-0.15, -0.1) is 0 Å². The average molecular weight is 343 g/mol. The Balaban J connectivity index is 1.73. The van der Waals surface area contributed by atoms with E-state index in [1.54, 1.807) is 48.2 Å². The molecule has 0 radical (unpaired) electrons. The lowest BCUT2D eigenvalue weighted by molar-refractivity contribution is -0.140. The predicted molar refractivity (Wildman–Crippen MR) is 92.7 cm³/mol. The van der Waals surface area contributed by atoms with Gasteiger partial charge in [-0.3, -0.25) is 4.79 Å². The Kier molecular flexibility index (Phi) is 5.04. The molecule has 1 aliphatic heterocycles. The third-order valence-electron chi connectivity index (χ3n) is 4.67. The zero-order valence-electron chi connectivity index (χ0n) is 14.4. The maximum absolute atomic E-state index is 13.4. The zero-order chi connectivity index (χ0) is 18.0. The Morgan fingerprint density at radius 2 is 2.16 bits per heavy atom. The molecule has 1 aliphatic rings. The number of hydrogen-bond acceptors (Lipinski definition) is 3. The van der Waals surface area contributed by atoms with Crippen molar-refractivity contribution in [1.29, 1.82) is 0 Å². The van der Waals surface area contributed by atoms with Gasteiger partial charge in [0.15, 0.2) is 6.10 Å². The van der Waals surface area contributed by atoms with Gasteiger partial charge in [0.25, 0.3) is 5.91 Å². The Bertz CT molecular complexity index is 777. The van der Waals surface area contributed by atoms with Gasteiger partial charge in [-0.05, 0) is 61.2 Å². The van der Waals surface area contributed by atoms with Crippen molar-refractivity contribution < 1.29 is 19.0 Å². The molecule has 0 saturated carbocycles. The molecule has 1 N–H and O–H groups in total. The molecule has 3 rings (SSSR count). The molecule has 0 aliphatic carbocycles. The fourth-order valence-corrected chi connectivity index (χ4v) is 3.31. The van der Waals surface area contributed by atoms with Crippen LogP contribution < -0.4 is 4.74 Å². The lowest BCUT2D eigenvalue weighted by Crippen LogP contribution is -2.45. The molecule has 0 saturated heterocycles. The highest BCUT2D eigenvalue weighted by Gasteiger charge is 2.31. The minimum atomic E-state index is -0.640. The first kappa shape index (κ1) is 17.4. The fraction of sp³-hybridized carbons (Fsp3) is 0.350. The van der Waals surface area contributed by atoms with Crippen LogP contribution in [0.2, 0.25) is 0 Å². The average Bonchev–Trinajstić information content (AvgIpc) is 2.61. The van der Waals surface area contributed by atoms with Gasteiger partial charge in [-0.1, -0.05) is 18.2 Å². The number of hydrogen-bond donors (Lipinski definition) is 1. The van der Waals surface area contributed by atoms with Gasteiger partial charge in [-0.2, -0.15) is 0 Å². The van der Waals surface area contributed by atoms with E-state index < -0.39 is 6.10 Å². The molecule has 2 aromatic carbocycles. The normalized spacial score (nSPS) is 17.8. The van der Waals surface area contributed by atoms with E-state index in [9.17, 15) is 14.3 Å². The van der Waals surface area contributed by atoms with E-state index in [4.69, 9.17) is 4.74 Å². The lowest BCUT2D eigenvalue weighted by Gasteiger charge is -2.36. The molecule has 25 heavy (non-hydrogen) atoms. The van der Waals surface area contributed by atoms with Crippen LogP contribution in [0.3, 0.4) is 0 Å². The molecule has 2 atom stereocenters. The summed E-state index contributed by atoms with van der Waals surface area (Å²) in [6.07, 6.45) is -0.00557. The molecular formula is C20H22FNO3. The van der Waals surface area contributed by atoms with Gasteiger partial charge in [0.1, 0.15) is 11.6 Å².